The van der Waals surface area contributed by atoms with Gasteiger partial charge in [0.05, 0.1) is 5.52 Å². The van der Waals surface area contributed by atoms with Crippen molar-refractivity contribution in [1.82, 2.24) is 25.1 Å². The highest BCUT2D eigenvalue weighted by Crippen LogP contribution is 2.32. The number of benzene rings is 1. The molecule has 0 radical (unpaired) electrons. The molecule has 0 fully saturated rings. The maximum Gasteiger partial charge on any atom is 0.326 e. The SMILES string of the molecule is Cc1cc(Nc2cc(N(C)C)nc(Oc3cc(F)c4[nH]c(C)cc4c3F)n2)n[nH]1. The Morgan fingerprint density at radius 2 is 1.79 bits per heavy atom. The van der Waals surface area contributed by atoms with Crippen molar-refractivity contribution < 1.29 is 13.5 Å². The number of aromatic nitrogens is 5. The van der Waals surface area contributed by atoms with Gasteiger partial charge in [-0.15, -0.1) is 0 Å². The van der Waals surface area contributed by atoms with Gasteiger partial charge in [0.1, 0.15) is 11.6 Å². The summed E-state index contributed by atoms with van der Waals surface area (Å²) in [4.78, 5) is 13.0. The summed E-state index contributed by atoms with van der Waals surface area (Å²) in [6.07, 6.45) is 0. The highest BCUT2D eigenvalue weighted by molar-refractivity contribution is 5.83. The Morgan fingerprint density at radius 3 is 2.48 bits per heavy atom. The molecule has 0 saturated heterocycles. The molecule has 1 aromatic carbocycles. The first-order chi connectivity index (χ1) is 13.8. The second-order valence-corrected chi connectivity index (χ2v) is 6.86. The molecule has 8 nitrogen and oxygen atoms in total. The number of ether oxygens (including phenoxy) is 1. The number of H-pyrrole nitrogens is 2. The molecular weight excluding hydrogens is 380 g/mol. The van der Waals surface area contributed by atoms with Gasteiger partial charge in [-0.3, -0.25) is 5.10 Å². The van der Waals surface area contributed by atoms with E-state index in [4.69, 9.17) is 4.74 Å². The zero-order valence-corrected chi connectivity index (χ0v) is 16.3. The van der Waals surface area contributed by atoms with Gasteiger partial charge in [0, 0.05) is 49.1 Å². The highest BCUT2D eigenvalue weighted by atomic mass is 19.1. The van der Waals surface area contributed by atoms with Gasteiger partial charge in [0.25, 0.3) is 0 Å². The Balaban J connectivity index is 1.72. The van der Waals surface area contributed by atoms with Crippen molar-refractivity contribution >= 4 is 28.4 Å². The Hall–Kier alpha value is -3.69. The van der Waals surface area contributed by atoms with E-state index in [0.29, 0.717) is 23.1 Å². The fourth-order valence-corrected chi connectivity index (χ4v) is 2.87. The van der Waals surface area contributed by atoms with E-state index in [0.717, 1.165) is 11.8 Å². The minimum absolute atomic E-state index is 0.0894. The molecule has 4 aromatic rings. The van der Waals surface area contributed by atoms with Crippen LogP contribution in [0.5, 0.6) is 11.8 Å². The van der Waals surface area contributed by atoms with E-state index in [1.54, 1.807) is 38.1 Å². The van der Waals surface area contributed by atoms with E-state index in [1.807, 2.05) is 6.92 Å². The normalized spacial score (nSPS) is 11.1. The van der Waals surface area contributed by atoms with Gasteiger partial charge < -0.3 is 19.9 Å². The Kier molecular flexibility index (Phi) is 4.53. The summed E-state index contributed by atoms with van der Waals surface area (Å²) < 4.78 is 34.8. The zero-order valence-electron chi connectivity index (χ0n) is 16.3. The van der Waals surface area contributed by atoms with E-state index in [2.05, 4.69) is 30.5 Å². The van der Waals surface area contributed by atoms with Crippen molar-refractivity contribution in [2.45, 2.75) is 13.8 Å². The van der Waals surface area contributed by atoms with E-state index in [1.165, 1.54) is 6.07 Å². The molecule has 0 saturated carbocycles. The minimum atomic E-state index is -0.693. The quantitative estimate of drug-likeness (QED) is 0.466. The van der Waals surface area contributed by atoms with Crippen LogP contribution in [0.1, 0.15) is 11.4 Å². The first kappa shape index (κ1) is 18.7. The second kappa shape index (κ2) is 7.04. The van der Waals surface area contributed by atoms with Crippen LogP contribution >= 0.6 is 0 Å². The molecular formula is C19H19F2N7O. The standard InChI is InChI=1S/C19H19F2N7O/c1-9-5-11-17(21)13(7-12(20)18(11)22-9)29-19-24-14(8-16(25-19)28(3)4)23-15-6-10(2)26-27-15/h5-8,22H,1-4H3,(H2,23,24,25,26,27). The lowest BCUT2D eigenvalue weighted by Crippen LogP contribution is -2.12. The van der Waals surface area contributed by atoms with Gasteiger partial charge in [-0.2, -0.15) is 15.1 Å². The van der Waals surface area contributed by atoms with E-state index >= 15 is 0 Å². The number of nitrogens with one attached hydrogen (secondary N) is 3. The first-order valence-corrected chi connectivity index (χ1v) is 8.81. The number of rotatable bonds is 5. The monoisotopic (exact) mass is 399 g/mol. The molecule has 3 aromatic heterocycles. The topological polar surface area (TPSA) is 94.8 Å². The van der Waals surface area contributed by atoms with Gasteiger partial charge in [0.2, 0.25) is 0 Å². The lowest BCUT2D eigenvalue weighted by molar-refractivity contribution is 0.411. The Bertz CT molecular complexity index is 1200. The van der Waals surface area contributed by atoms with Crippen molar-refractivity contribution in [3.8, 4) is 11.8 Å². The summed E-state index contributed by atoms with van der Waals surface area (Å²) in [6.45, 7) is 3.59. The van der Waals surface area contributed by atoms with Gasteiger partial charge in [-0.05, 0) is 19.9 Å². The number of hydrogen-bond donors (Lipinski definition) is 3. The van der Waals surface area contributed by atoms with Crippen molar-refractivity contribution in [3.05, 3.63) is 47.3 Å². The molecule has 29 heavy (non-hydrogen) atoms. The summed E-state index contributed by atoms with van der Waals surface area (Å²) >= 11 is 0. The molecule has 0 bridgehead atoms. The van der Waals surface area contributed by atoms with Crippen molar-refractivity contribution in [1.29, 1.82) is 0 Å². The fourth-order valence-electron chi connectivity index (χ4n) is 2.87. The van der Waals surface area contributed by atoms with Crippen LogP contribution in [0.4, 0.5) is 26.2 Å². The summed E-state index contributed by atoms with van der Waals surface area (Å²) in [5.74, 6) is -0.153. The van der Waals surface area contributed by atoms with Gasteiger partial charge in [-0.1, -0.05) is 0 Å². The number of hydrogen-bond acceptors (Lipinski definition) is 6. The molecule has 3 N–H and O–H groups in total. The predicted octanol–water partition coefficient (Wildman–Crippen LogP) is 4.18. The van der Waals surface area contributed by atoms with Crippen molar-refractivity contribution in [2.24, 2.45) is 0 Å². The lowest BCUT2D eigenvalue weighted by Gasteiger charge is -2.14. The van der Waals surface area contributed by atoms with Gasteiger partial charge in [0.15, 0.2) is 23.2 Å². The summed E-state index contributed by atoms with van der Waals surface area (Å²) in [5, 5.41) is 10.1. The van der Waals surface area contributed by atoms with Crippen LogP contribution in [0.15, 0.2) is 24.3 Å². The lowest BCUT2D eigenvalue weighted by atomic mass is 10.2. The van der Waals surface area contributed by atoms with Crippen LogP contribution in [0.2, 0.25) is 0 Å². The number of halogens is 2. The third-order valence-electron chi connectivity index (χ3n) is 4.22. The summed E-state index contributed by atoms with van der Waals surface area (Å²) in [7, 11) is 3.59. The first-order valence-electron chi connectivity index (χ1n) is 8.81. The maximum atomic E-state index is 14.9. The van der Waals surface area contributed by atoms with Crippen LogP contribution in [0, 0.1) is 25.5 Å². The molecule has 4 rings (SSSR count). The number of anilines is 3. The van der Waals surface area contributed by atoms with Gasteiger partial charge >= 0.3 is 6.01 Å². The molecule has 0 atom stereocenters. The Morgan fingerprint density at radius 1 is 1.00 bits per heavy atom. The van der Waals surface area contributed by atoms with Crippen LogP contribution in [-0.2, 0) is 0 Å². The zero-order chi connectivity index (χ0) is 20.7. The molecule has 0 unspecified atom stereocenters. The third-order valence-corrected chi connectivity index (χ3v) is 4.22. The average Bonchev–Trinajstić information content (AvgIpc) is 3.25. The van der Waals surface area contributed by atoms with E-state index < -0.39 is 11.6 Å². The molecule has 0 amide bonds. The minimum Gasteiger partial charge on any atom is -0.421 e. The van der Waals surface area contributed by atoms with Crippen LogP contribution in [-0.4, -0.2) is 39.2 Å². The van der Waals surface area contributed by atoms with Crippen LogP contribution in [0.3, 0.4) is 0 Å². The molecule has 0 aliphatic heterocycles. The van der Waals surface area contributed by atoms with Crippen LogP contribution in [0.25, 0.3) is 10.9 Å². The van der Waals surface area contributed by atoms with E-state index in [-0.39, 0.29) is 22.7 Å². The molecule has 10 heteroatoms. The second-order valence-electron chi connectivity index (χ2n) is 6.86. The third kappa shape index (κ3) is 3.68. The Labute approximate surface area is 164 Å². The number of aromatic amines is 2. The number of nitrogens with zero attached hydrogens (tertiary/aromatic N) is 4. The molecule has 0 spiro atoms. The van der Waals surface area contributed by atoms with E-state index in [9.17, 15) is 8.78 Å². The van der Waals surface area contributed by atoms with Crippen LogP contribution < -0.4 is 15.0 Å². The molecule has 0 aliphatic rings. The predicted molar refractivity (Wildman–Crippen MR) is 106 cm³/mol. The molecule has 3 heterocycles. The van der Waals surface area contributed by atoms with Gasteiger partial charge in [-0.25, -0.2) is 8.78 Å². The average molecular weight is 399 g/mol. The molecule has 150 valence electrons. The number of aryl methyl sites for hydroxylation is 2. The molecule has 0 aliphatic carbocycles. The fraction of sp³-hybridized carbons (Fsp3) is 0.211. The highest BCUT2D eigenvalue weighted by Gasteiger charge is 2.18. The summed E-state index contributed by atoms with van der Waals surface area (Å²) in [6, 6.07) is 5.85. The number of fused-ring (bicyclic) bond motifs is 1. The van der Waals surface area contributed by atoms with Crippen molar-refractivity contribution in [2.75, 3.05) is 24.3 Å². The maximum absolute atomic E-state index is 14.9. The van der Waals surface area contributed by atoms with Crippen molar-refractivity contribution in [3.63, 3.8) is 0 Å². The summed E-state index contributed by atoms with van der Waals surface area (Å²) in [5.41, 5.74) is 1.60. The largest absolute Gasteiger partial charge is 0.421 e. The smallest absolute Gasteiger partial charge is 0.326 e.